The number of nitrogens with one attached hydrogen (secondary N) is 2. The van der Waals surface area contributed by atoms with Crippen LogP contribution in [-0.4, -0.2) is 21.4 Å². The van der Waals surface area contributed by atoms with E-state index in [4.69, 9.17) is 21.1 Å². The number of benzene rings is 3. The van der Waals surface area contributed by atoms with Crippen LogP contribution in [0.1, 0.15) is 10.4 Å². The molecule has 0 saturated carbocycles. The number of carbonyl (C=O) groups is 1. The Morgan fingerprint density at radius 2 is 1.72 bits per heavy atom. The fraction of sp³-hybridized carbons (Fsp3) is 0.0500. The van der Waals surface area contributed by atoms with Gasteiger partial charge in [-0.15, -0.1) is 0 Å². The van der Waals surface area contributed by atoms with E-state index in [2.05, 4.69) is 10.0 Å². The first kappa shape index (κ1) is 19.1. The number of sulfonamides is 1. The van der Waals surface area contributed by atoms with Gasteiger partial charge in [0.25, 0.3) is 15.9 Å². The summed E-state index contributed by atoms with van der Waals surface area (Å²) in [5, 5.41) is 3.16. The fourth-order valence-corrected chi connectivity index (χ4v) is 4.05. The van der Waals surface area contributed by atoms with Crippen molar-refractivity contribution in [1.82, 2.24) is 0 Å². The number of methoxy groups -OCH3 is 1. The number of hydrogen-bond donors (Lipinski definition) is 2. The van der Waals surface area contributed by atoms with E-state index in [0.717, 1.165) is 0 Å². The number of halogens is 1. The summed E-state index contributed by atoms with van der Waals surface area (Å²) in [6, 6.07) is 15.3. The molecule has 1 amide bonds. The van der Waals surface area contributed by atoms with E-state index >= 15 is 0 Å². The number of hydrogen-bond acceptors (Lipinski definition) is 5. The van der Waals surface area contributed by atoms with Crippen LogP contribution in [0.5, 0.6) is 17.2 Å². The second kappa shape index (κ2) is 7.31. The van der Waals surface area contributed by atoms with Gasteiger partial charge in [0.1, 0.15) is 11.5 Å². The van der Waals surface area contributed by atoms with Gasteiger partial charge in [0, 0.05) is 10.7 Å². The Labute approximate surface area is 172 Å². The van der Waals surface area contributed by atoms with Crippen molar-refractivity contribution in [3.63, 3.8) is 0 Å². The summed E-state index contributed by atoms with van der Waals surface area (Å²) in [5.74, 6) is 0.845. The number of anilines is 2. The topological polar surface area (TPSA) is 93.7 Å². The Hall–Kier alpha value is -3.23. The molecule has 9 heteroatoms. The molecule has 0 radical (unpaired) electrons. The highest BCUT2D eigenvalue weighted by molar-refractivity contribution is 7.92. The van der Waals surface area contributed by atoms with Gasteiger partial charge in [-0.3, -0.25) is 9.52 Å². The summed E-state index contributed by atoms with van der Waals surface area (Å²) >= 11 is 5.97. The van der Waals surface area contributed by atoms with Gasteiger partial charge < -0.3 is 14.8 Å². The Morgan fingerprint density at radius 1 is 1.00 bits per heavy atom. The molecule has 1 heterocycles. The zero-order valence-electron chi connectivity index (χ0n) is 15.1. The molecule has 1 aliphatic rings. The summed E-state index contributed by atoms with van der Waals surface area (Å²) in [6.45, 7) is 0. The third kappa shape index (κ3) is 3.85. The van der Waals surface area contributed by atoms with Crippen molar-refractivity contribution < 1.29 is 22.7 Å². The van der Waals surface area contributed by atoms with Gasteiger partial charge in [-0.1, -0.05) is 11.6 Å². The van der Waals surface area contributed by atoms with Gasteiger partial charge in [0.05, 0.1) is 23.3 Å². The van der Waals surface area contributed by atoms with E-state index in [1.807, 2.05) is 0 Å². The Morgan fingerprint density at radius 3 is 2.45 bits per heavy atom. The molecule has 0 bridgehead atoms. The molecule has 4 rings (SSSR count). The summed E-state index contributed by atoms with van der Waals surface area (Å²) in [6.07, 6.45) is 0. The first-order valence-corrected chi connectivity index (χ1v) is 10.3. The lowest BCUT2D eigenvalue weighted by molar-refractivity contribution is 0.102. The van der Waals surface area contributed by atoms with E-state index in [-0.39, 0.29) is 16.1 Å². The minimum Gasteiger partial charge on any atom is -0.497 e. The monoisotopic (exact) mass is 430 g/mol. The van der Waals surface area contributed by atoms with Crippen molar-refractivity contribution in [3.05, 3.63) is 71.2 Å². The number of rotatable bonds is 4. The molecule has 7 nitrogen and oxygen atoms in total. The van der Waals surface area contributed by atoms with Crippen LogP contribution in [0, 0.1) is 0 Å². The van der Waals surface area contributed by atoms with Gasteiger partial charge in [-0.25, -0.2) is 8.42 Å². The molecule has 29 heavy (non-hydrogen) atoms. The zero-order valence-corrected chi connectivity index (χ0v) is 16.7. The van der Waals surface area contributed by atoms with Crippen molar-refractivity contribution in [3.8, 4) is 17.2 Å². The molecule has 2 N–H and O–H groups in total. The van der Waals surface area contributed by atoms with E-state index in [1.165, 1.54) is 37.4 Å². The maximum atomic E-state index is 12.6. The maximum absolute atomic E-state index is 12.6. The lowest BCUT2D eigenvalue weighted by Crippen LogP contribution is -2.14. The first-order valence-electron chi connectivity index (χ1n) is 8.45. The Balaban J connectivity index is 1.64. The molecular weight excluding hydrogens is 416 g/mol. The number of carbonyl (C=O) groups excluding carboxylic acids is 1. The molecule has 148 valence electrons. The number of ether oxygens (including phenoxy) is 2. The van der Waals surface area contributed by atoms with Crippen LogP contribution in [0.25, 0.3) is 0 Å². The summed E-state index contributed by atoms with van der Waals surface area (Å²) in [7, 11) is -2.35. The van der Waals surface area contributed by atoms with Crippen LogP contribution in [0.2, 0.25) is 5.02 Å². The molecule has 0 fully saturated rings. The standard InChI is InChI=1S/C20H15ClN2O5S/c1-27-14-4-6-15(7-5-14)29(25,26)23-13-3-9-18-16(11-13)20(24)22-17-10-12(21)2-8-19(17)28-18/h2-11,23H,1H3,(H,22,24). The van der Waals surface area contributed by atoms with E-state index < -0.39 is 15.9 Å². The smallest absolute Gasteiger partial charge is 0.261 e. The average Bonchev–Trinajstić information content (AvgIpc) is 2.83. The molecule has 0 spiro atoms. The zero-order chi connectivity index (χ0) is 20.6. The molecule has 0 saturated heterocycles. The normalized spacial score (nSPS) is 12.7. The van der Waals surface area contributed by atoms with Gasteiger partial charge in [0.2, 0.25) is 0 Å². The number of fused-ring (bicyclic) bond motifs is 2. The minimum atomic E-state index is -3.85. The lowest BCUT2D eigenvalue weighted by Gasteiger charge is -2.11. The first-order chi connectivity index (χ1) is 13.9. The van der Waals surface area contributed by atoms with Crippen molar-refractivity contribution in [2.45, 2.75) is 4.90 Å². The lowest BCUT2D eigenvalue weighted by atomic mass is 10.1. The number of amides is 1. The predicted molar refractivity (Wildman–Crippen MR) is 110 cm³/mol. The average molecular weight is 431 g/mol. The van der Waals surface area contributed by atoms with Gasteiger partial charge in [-0.2, -0.15) is 0 Å². The van der Waals surface area contributed by atoms with E-state index in [9.17, 15) is 13.2 Å². The van der Waals surface area contributed by atoms with Crippen molar-refractivity contribution >= 4 is 38.9 Å². The van der Waals surface area contributed by atoms with Crippen molar-refractivity contribution in [2.24, 2.45) is 0 Å². The molecule has 0 unspecified atom stereocenters. The minimum absolute atomic E-state index is 0.0657. The van der Waals surface area contributed by atoms with Crippen LogP contribution in [-0.2, 0) is 10.0 Å². The third-order valence-corrected chi connectivity index (χ3v) is 5.89. The molecule has 3 aromatic carbocycles. The molecule has 0 atom stereocenters. The SMILES string of the molecule is COc1ccc(S(=O)(=O)Nc2ccc3c(c2)C(=O)Nc2cc(Cl)ccc2O3)cc1. The van der Waals surface area contributed by atoms with Crippen molar-refractivity contribution in [1.29, 1.82) is 0 Å². The maximum Gasteiger partial charge on any atom is 0.261 e. The Bertz CT molecular complexity index is 1210. The van der Waals surface area contributed by atoms with Gasteiger partial charge in [-0.05, 0) is 60.7 Å². The quantitative estimate of drug-likeness (QED) is 0.635. The van der Waals surface area contributed by atoms with Crippen LogP contribution in [0.4, 0.5) is 11.4 Å². The highest BCUT2D eigenvalue weighted by Crippen LogP contribution is 2.38. The molecule has 3 aromatic rings. The summed E-state index contributed by atoms with van der Waals surface area (Å²) in [5.41, 5.74) is 0.841. The van der Waals surface area contributed by atoms with Crippen LogP contribution >= 0.6 is 11.6 Å². The fourth-order valence-electron chi connectivity index (χ4n) is 2.83. The summed E-state index contributed by atoms with van der Waals surface area (Å²) < 4.78 is 38.6. The van der Waals surface area contributed by atoms with Crippen LogP contribution in [0.3, 0.4) is 0 Å². The molecular formula is C20H15ClN2O5S. The summed E-state index contributed by atoms with van der Waals surface area (Å²) in [4.78, 5) is 12.7. The third-order valence-electron chi connectivity index (χ3n) is 4.26. The van der Waals surface area contributed by atoms with Gasteiger partial charge in [0.15, 0.2) is 5.75 Å². The second-order valence-electron chi connectivity index (χ2n) is 6.19. The second-order valence-corrected chi connectivity index (χ2v) is 8.31. The highest BCUT2D eigenvalue weighted by Gasteiger charge is 2.23. The van der Waals surface area contributed by atoms with Crippen molar-refractivity contribution in [2.75, 3.05) is 17.1 Å². The molecule has 0 aliphatic carbocycles. The van der Waals surface area contributed by atoms with Gasteiger partial charge >= 0.3 is 0 Å². The van der Waals surface area contributed by atoms with E-state index in [0.29, 0.717) is 28.0 Å². The highest BCUT2D eigenvalue weighted by atomic mass is 35.5. The van der Waals surface area contributed by atoms with Crippen LogP contribution < -0.4 is 19.5 Å². The van der Waals surface area contributed by atoms with Crippen LogP contribution in [0.15, 0.2) is 65.6 Å². The molecule has 0 aromatic heterocycles. The Kier molecular flexibility index (Phi) is 4.81. The largest absolute Gasteiger partial charge is 0.497 e. The molecule has 1 aliphatic heterocycles. The predicted octanol–water partition coefficient (Wildman–Crippen LogP) is 4.51. The van der Waals surface area contributed by atoms with E-state index in [1.54, 1.807) is 30.3 Å².